The van der Waals surface area contributed by atoms with Gasteiger partial charge in [-0.15, -0.1) is 5.10 Å². The number of thioether (sulfide) groups is 1. The number of halogens is 1. The van der Waals surface area contributed by atoms with Crippen molar-refractivity contribution in [3.8, 4) is 11.5 Å². The second kappa shape index (κ2) is 9.06. The second-order valence-corrected chi connectivity index (χ2v) is 7.57. The van der Waals surface area contributed by atoms with Crippen LogP contribution in [0.2, 0.25) is 5.02 Å². The lowest BCUT2D eigenvalue weighted by molar-refractivity contribution is -0.113. The Bertz CT molecular complexity index is 1100. The first-order valence-electron chi connectivity index (χ1n) is 8.88. The summed E-state index contributed by atoms with van der Waals surface area (Å²) in [5.41, 5.74) is 5.08. The molecule has 9 nitrogen and oxygen atoms in total. The van der Waals surface area contributed by atoms with E-state index in [4.69, 9.17) is 21.1 Å². The number of carbonyl (C=O) groups is 1. The minimum Gasteiger partial charge on any atom is -0.454 e. The highest BCUT2D eigenvalue weighted by atomic mass is 35.5. The van der Waals surface area contributed by atoms with Crippen molar-refractivity contribution in [3.63, 3.8) is 0 Å². The van der Waals surface area contributed by atoms with E-state index in [9.17, 15) is 4.79 Å². The van der Waals surface area contributed by atoms with Gasteiger partial charge < -0.3 is 14.8 Å². The third-order valence-electron chi connectivity index (χ3n) is 4.03. The van der Waals surface area contributed by atoms with Crippen molar-refractivity contribution in [3.05, 3.63) is 53.1 Å². The molecule has 0 spiro atoms. The van der Waals surface area contributed by atoms with Gasteiger partial charge in [-0.1, -0.05) is 29.4 Å². The van der Waals surface area contributed by atoms with Crippen LogP contribution in [0.4, 0.5) is 11.6 Å². The summed E-state index contributed by atoms with van der Waals surface area (Å²) in [5.74, 6) is 1.75. The van der Waals surface area contributed by atoms with Gasteiger partial charge in [-0.05, 0) is 43.3 Å². The molecule has 3 N–H and O–H groups in total. The van der Waals surface area contributed by atoms with Gasteiger partial charge in [-0.3, -0.25) is 4.79 Å². The molecular weight excluding hydrogens is 428 g/mol. The number of amides is 1. The predicted molar refractivity (Wildman–Crippen MR) is 116 cm³/mol. The van der Waals surface area contributed by atoms with E-state index >= 15 is 0 Å². The summed E-state index contributed by atoms with van der Waals surface area (Å²) in [4.78, 5) is 16.3. The van der Waals surface area contributed by atoms with Gasteiger partial charge in [0.2, 0.25) is 23.8 Å². The van der Waals surface area contributed by atoms with Crippen LogP contribution < -0.4 is 20.2 Å². The number of rotatable bonds is 7. The maximum absolute atomic E-state index is 12.1. The van der Waals surface area contributed by atoms with Crippen molar-refractivity contribution < 1.29 is 14.3 Å². The van der Waals surface area contributed by atoms with Gasteiger partial charge in [0, 0.05) is 16.3 Å². The number of anilines is 2. The fourth-order valence-corrected chi connectivity index (χ4v) is 3.37. The minimum atomic E-state index is -0.182. The zero-order valence-corrected chi connectivity index (χ0v) is 17.4. The van der Waals surface area contributed by atoms with Crippen LogP contribution in [0.3, 0.4) is 0 Å². The van der Waals surface area contributed by atoms with E-state index in [2.05, 4.69) is 31.0 Å². The molecule has 3 aromatic rings. The average Bonchev–Trinajstić information content (AvgIpc) is 3.39. The Hall–Kier alpha value is -3.24. The Morgan fingerprint density at radius 1 is 1.27 bits per heavy atom. The summed E-state index contributed by atoms with van der Waals surface area (Å²) in [7, 11) is 0. The summed E-state index contributed by atoms with van der Waals surface area (Å²) in [5, 5.41) is 14.9. The number of nitrogens with zero attached hydrogens (tertiary/aromatic N) is 3. The van der Waals surface area contributed by atoms with Crippen molar-refractivity contribution >= 4 is 46.6 Å². The third-order valence-corrected chi connectivity index (χ3v) is 5.11. The summed E-state index contributed by atoms with van der Waals surface area (Å²) < 4.78 is 10.7. The fraction of sp³-hybridized carbons (Fsp3) is 0.158. The number of aromatic amines is 1. The molecule has 1 aliphatic rings. The van der Waals surface area contributed by atoms with Crippen molar-refractivity contribution in [2.45, 2.75) is 12.1 Å². The van der Waals surface area contributed by atoms with Crippen molar-refractivity contribution in [2.24, 2.45) is 5.10 Å². The molecule has 2 heterocycles. The van der Waals surface area contributed by atoms with E-state index in [1.165, 1.54) is 11.8 Å². The lowest BCUT2D eigenvalue weighted by Crippen LogP contribution is -2.14. The molecule has 0 saturated heterocycles. The Morgan fingerprint density at radius 3 is 3.00 bits per heavy atom. The van der Waals surface area contributed by atoms with Gasteiger partial charge in [0.1, 0.15) is 0 Å². The Balaban J connectivity index is 1.29. The number of hydrazone groups is 1. The summed E-state index contributed by atoms with van der Waals surface area (Å²) in [6.07, 6.45) is 0. The molecular formula is C19H17ClN6O3S. The first kappa shape index (κ1) is 20.0. The van der Waals surface area contributed by atoms with Gasteiger partial charge >= 0.3 is 0 Å². The molecule has 0 fully saturated rings. The number of benzene rings is 2. The van der Waals surface area contributed by atoms with E-state index in [1.54, 1.807) is 24.3 Å². The Labute approximate surface area is 181 Å². The van der Waals surface area contributed by atoms with E-state index in [1.807, 2.05) is 25.1 Å². The van der Waals surface area contributed by atoms with Crippen LogP contribution in [0.15, 0.2) is 52.7 Å². The molecule has 1 amide bonds. The summed E-state index contributed by atoms with van der Waals surface area (Å²) in [6, 6.07) is 12.6. The smallest absolute Gasteiger partial charge is 0.240 e. The maximum Gasteiger partial charge on any atom is 0.240 e. The van der Waals surface area contributed by atoms with Gasteiger partial charge in [-0.25, -0.2) is 10.5 Å². The Kier molecular flexibility index (Phi) is 6.05. The quantitative estimate of drug-likeness (QED) is 0.289. The van der Waals surface area contributed by atoms with E-state index in [0.29, 0.717) is 27.6 Å². The topological polar surface area (TPSA) is 114 Å². The van der Waals surface area contributed by atoms with Crippen molar-refractivity contribution in [2.75, 3.05) is 23.3 Å². The monoisotopic (exact) mass is 444 g/mol. The molecule has 11 heteroatoms. The number of H-pyrrole nitrogens is 1. The van der Waals surface area contributed by atoms with Gasteiger partial charge in [0.15, 0.2) is 11.5 Å². The van der Waals surface area contributed by atoms with Gasteiger partial charge in [0.05, 0.1) is 11.5 Å². The van der Waals surface area contributed by atoms with Crippen LogP contribution in [0.25, 0.3) is 0 Å². The van der Waals surface area contributed by atoms with Crippen molar-refractivity contribution in [1.29, 1.82) is 0 Å². The number of carbonyl (C=O) groups excluding carboxylic acids is 1. The van der Waals surface area contributed by atoms with Crippen LogP contribution in [-0.4, -0.2) is 39.3 Å². The summed E-state index contributed by atoms with van der Waals surface area (Å²) in [6.45, 7) is 2.08. The zero-order valence-electron chi connectivity index (χ0n) is 15.8. The summed E-state index contributed by atoms with van der Waals surface area (Å²) >= 11 is 7.11. The highest BCUT2D eigenvalue weighted by Gasteiger charge is 2.14. The van der Waals surface area contributed by atoms with E-state index < -0.39 is 0 Å². The number of nitrogens with one attached hydrogen (secondary N) is 3. The normalized spacial score (nSPS) is 12.7. The number of hydrogen-bond donors (Lipinski definition) is 3. The number of aromatic nitrogens is 3. The third kappa shape index (κ3) is 5.02. The number of fused-ring (bicyclic) bond motifs is 1. The lowest BCUT2D eigenvalue weighted by Gasteiger charge is -2.04. The number of ether oxygens (including phenoxy) is 2. The zero-order chi connectivity index (χ0) is 20.9. The molecule has 0 bridgehead atoms. The second-order valence-electron chi connectivity index (χ2n) is 6.19. The molecule has 0 unspecified atom stereocenters. The highest BCUT2D eigenvalue weighted by Crippen LogP contribution is 2.32. The fourth-order valence-electron chi connectivity index (χ4n) is 2.58. The first-order valence-corrected chi connectivity index (χ1v) is 10.2. The van der Waals surface area contributed by atoms with Crippen LogP contribution >= 0.6 is 23.4 Å². The van der Waals surface area contributed by atoms with Crippen LogP contribution in [-0.2, 0) is 4.79 Å². The van der Waals surface area contributed by atoms with Gasteiger partial charge in [0.25, 0.3) is 0 Å². The molecule has 0 radical (unpaired) electrons. The largest absolute Gasteiger partial charge is 0.454 e. The number of hydrogen-bond acceptors (Lipinski definition) is 8. The van der Waals surface area contributed by atoms with Crippen LogP contribution in [0, 0.1) is 0 Å². The standard InChI is InChI=1S/C19H17ClN6O3S/c1-11(12-5-6-15-16(7-12)29-10-28-15)23-24-18-22-19(26-25-18)30-9-17(27)21-14-4-2-3-13(20)8-14/h2-8H,9-10H2,1H3,(H,21,27)(H2,22,24,25,26)/b23-11-. The molecule has 2 aromatic carbocycles. The molecule has 154 valence electrons. The van der Waals surface area contributed by atoms with Crippen LogP contribution in [0.5, 0.6) is 11.5 Å². The molecule has 1 aromatic heterocycles. The maximum atomic E-state index is 12.1. The molecule has 0 aliphatic carbocycles. The molecule has 0 atom stereocenters. The average molecular weight is 445 g/mol. The van der Waals surface area contributed by atoms with Crippen LogP contribution in [0.1, 0.15) is 12.5 Å². The molecule has 4 rings (SSSR count). The lowest BCUT2D eigenvalue weighted by atomic mass is 10.1. The molecule has 0 saturated carbocycles. The van der Waals surface area contributed by atoms with Gasteiger partial charge in [-0.2, -0.15) is 10.1 Å². The van der Waals surface area contributed by atoms with E-state index in [-0.39, 0.29) is 18.5 Å². The highest BCUT2D eigenvalue weighted by molar-refractivity contribution is 7.99. The SMILES string of the molecule is C/C(=N/Nc1nc(SCC(=O)Nc2cccc(Cl)c2)n[nH]1)c1ccc2c(c1)OCO2. The Morgan fingerprint density at radius 2 is 2.13 bits per heavy atom. The minimum absolute atomic E-state index is 0.156. The van der Waals surface area contributed by atoms with Crippen molar-refractivity contribution in [1.82, 2.24) is 15.2 Å². The first-order chi connectivity index (χ1) is 14.6. The molecule has 1 aliphatic heterocycles. The van der Waals surface area contributed by atoms with E-state index in [0.717, 1.165) is 17.0 Å². The molecule has 30 heavy (non-hydrogen) atoms. The predicted octanol–water partition coefficient (Wildman–Crippen LogP) is 3.75.